The van der Waals surface area contributed by atoms with Gasteiger partial charge in [-0.2, -0.15) is 0 Å². The van der Waals surface area contributed by atoms with Crippen molar-refractivity contribution in [2.75, 3.05) is 7.11 Å². The van der Waals surface area contributed by atoms with Crippen molar-refractivity contribution in [1.82, 2.24) is 5.27 Å². The SMILES string of the molecule is COc1ccc(-[n+]2[nH]oc(=O)c2C([O-])=Nc2ccc(C(C)C)cc2)cc1. The number of H-pyrrole nitrogens is 1. The van der Waals surface area contributed by atoms with E-state index in [0.717, 1.165) is 5.56 Å². The highest BCUT2D eigenvalue weighted by Crippen LogP contribution is 2.19. The van der Waals surface area contributed by atoms with Crippen LogP contribution in [0.15, 0.2) is 62.8 Å². The lowest BCUT2D eigenvalue weighted by Crippen LogP contribution is -2.44. The third-order valence-electron chi connectivity index (χ3n) is 3.97. The number of hydrogen-bond acceptors (Lipinski definition) is 5. The minimum Gasteiger partial charge on any atom is -0.854 e. The molecule has 134 valence electrons. The van der Waals surface area contributed by atoms with Crippen LogP contribution in [0.1, 0.15) is 31.0 Å². The average Bonchev–Trinajstić information content (AvgIpc) is 3.04. The van der Waals surface area contributed by atoms with Gasteiger partial charge in [0.25, 0.3) is 0 Å². The van der Waals surface area contributed by atoms with Gasteiger partial charge in [0.05, 0.1) is 18.7 Å². The normalized spacial score (nSPS) is 11.8. The minimum atomic E-state index is -0.784. The van der Waals surface area contributed by atoms with Gasteiger partial charge in [0, 0.05) is 12.1 Å². The van der Waals surface area contributed by atoms with E-state index in [1.54, 1.807) is 43.5 Å². The fourth-order valence-corrected chi connectivity index (χ4v) is 2.47. The van der Waals surface area contributed by atoms with Crippen LogP contribution in [0.3, 0.4) is 0 Å². The molecule has 0 radical (unpaired) electrons. The van der Waals surface area contributed by atoms with Gasteiger partial charge < -0.3 is 9.84 Å². The Kier molecular flexibility index (Phi) is 4.88. The zero-order valence-corrected chi connectivity index (χ0v) is 14.7. The summed E-state index contributed by atoms with van der Waals surface area (Å²) in [7, 11) is 1.56. The van der Waals surface area contributed by atoms with Gasteiger partial charge in [-0.05, 0) is 45.7 Å². The molecule has 0 aliphatic carbocycles. The first kappa shape index (κ1) is 17.5. The van der Waals surface area contributed by atoms with Gasteiger partial charge in [0.15, 0.2) is 0 Å². The standard InChI is InChI=1S/C19H19N3O4/c1-12(2)13-4-6-14(7-5-13)20-18(23)17-19(24)26-21-22(17)15-8-10-16(25-3)11-9-15/h4-12H,1-3H3,(H-,20,21,23,24). The molecule has 0 aliphatic rings. The number of methoxy groups -OCH3 is 1. The molecule has 0 saturated heterocycles. The number of benzene rings is 2. The summed E-state index contributed by atoms with van der Waals surface area (Å²) in [5.41, 5.74) is 1.17. The van der Waals surface area contributed by atoms with Crippen LogP contribution in [-0.4, -0.2) is 18.3 Å². The molecule has 7 nitrogen and oxygen atoms in total. The Labute approximate surface area is 150 Å². The number of nitrogens with zero attached hydrogens (tertiary/aromatic N) is 2. The summed E-state index contributed by atoms with van der Waals surface area (Å²) in [6.45, 7) is 4.17. The topological polar surface area (TPSA) is 94.5 Å². The van der Waals surface area contributed by atoms with E-state index >= 15 is 0 Å². The third-order valence-corrected chi connectivity index (χ3v) is 3.97. The number of hydrogen-bond donors (Lipinski definition) is 1. The molecule has 26 heavy (non-hydrogen) atoms. The van der Waals surface area contributed by atoms with Gasteiger partial charge in [-0.1, -0.05) is 26.0 Å². The Morgan fingerprint density at radius 1 is 1.15 bits per heavy atom. The first-order valence-electron chi connectivity index (χ1n) is 8.13. The number of rotatable bonds is 5. The van der Waals surface area contributed by atoms with E-state index in [4.69, 9.17) is 9.26 Å². The number of aliphatic imine (C=N–C) groups is 1. The summed E-state index contributed by atoms with van der Waals surface area (Å²) >= 11 is 0. The van der Waals surface area contributed by atoms with Gasteiger partial charge in [0.1, 0.15) is 5.75 Å². The van der Waals surface area contributed by atoms with Crippen molar-refractivity contribution in [2.24, 2.45) is 4.99 Å². The molecule has 1 aromatic heterocycles. The number of ether oxygens (including phenoxy) is 1. The second-order valence-corrected chi connectivity index (χ2v) is 6.03. The predicted molar refractivity (Wildman–Crippen MR) is 94.1 cm³/mol. The summed E-state index contributed by atoms with van der Waals surface area (Å²) in [5.74, 6) is 0.352. The smallest absolute Gasteiger partial charge is 0.436 e. The maximum Gasteiger partial charge on any atom is 0.436 e. The van der Waals surface area contributed by atoms with E-state index in [-0.39, 0.29) is 5.69 Å². The Morgan fingerprint density at radius 2 is 1.81 bits per heavy atom. The lowest BCUT2D eigenvalue weighted by atomic mass is 10.0. The summed E-state index contributed by atoms with van der Waals surface area (Å²) in [6.07, 6.45) is 0. The Balaban J connectivity index is 1.97. The molecule has 0 bridgehead atoms. The second kappa shape index (κ2) is 7.26. The molecular formula is C19H19N3O4. The summed E-state index contributed by atoms with van der Waals surface area (Å²) in [4.78, 5) is 16.0. The molecule has 0 aliphatic heterocycles. The molecule has 3 aromatic rings. The fraction of sp³-hybridized carbons (Fsp3) is 0.211. The van der Waals surface area contributed by atoms with Crippen LogP contribution in [0.4, 0.5) is 5.69 Å². The van der Waals surface area contributed by atoms with Crippen molar-refractivity contribution in [3.63, 3.8) is 0 Å². The molecule has 1 N–H and O–H groups in total. The van der Waals surface area contributed by atoms with E-state index in [2.05, 4.69) is 24.1 Å². The van der Waals surface area contributed by atoms with Gasteiger partial charge in [-0.25, -0.2) is 4.79 Å². The molecule has 3 rings (SSSR count). The van der Waals surface area contributed by atoms with Gasteiger partial charge >= 0.3 is 11.3 Å². The van der Waals surface area contributed by atoms with Crippen molar-refractivity contribution < 1.29 is 19.0 Å². The van der Waals surface area contributed by atoms with Crippen LogP contribution >= 0.6 is 0 Å². The molecule has 0 spiro atoms. The van der Waals surface area contributed by atoms with Crippen LogP contribution in [0, 0.1) is 0 Å². The monoisotopic (exact) mass is 353 g/mol. The van der Waals surface area contributed by atoms with E-state index in [0.29, 0.717) is 23.0 Å². The van der Waals surface area contributed by atoms with Crippen molar-refractivity contribution >= 4 is 11.6 Å². The van der Waals surface area contributed by atoms with Crippen LogP contribution in [0.2, 0.25) is 0 Å². The number of aromatic nitrogens is 2. The first-order chi connectivity index (χ1) is 12.5. The zero-order valence-electron chi connectivity index (χ0n) is 14.7. The van der Waals surface area contributed by atoms with E-state index in [9.17, 15) is 9.90 Å². The zero-order chi connectivity index (χ0) is 18.7. The number of nitrogens with one attached hydrogen (secondary N) is 1. The van der Waals surface area contributed by atoms with Crippen LogP contribution in [0.5, 0.6) is 5.75 Å². The molecule has 1 heterocycles. The summed E-state index contributed by atoms with van der Waals surface area (Å²) in [5, 5.41) is 15.0. The first-order valence-corrected chi connectivity index (χ1v) is 8.13. The molecular weight excluding hydrogens is 334 g/mol. The number of aromatic amines is 1. The predicted octanol–water partition coefficient (Wildman–Crippen LogP) is 1.82. The van der Waals surface area contributed by atoms with Crippen LogP contribution in [0.25, 0.3) is 5.69 Å². The van der Waals surface area contributed by atoms with E-state index in [1.807, 2.05) is 12.1 Å². The van der Waals surface area contributed by atoms with Crippen LogP contribution < -0.4 is 20.2 Å². The molecule has 7 heteroatoms. The summed E-state index contributed by atoms with van der Waals surface area (Å²) < 4.78 is 11.1. The average molecular weight is 353 g/mol. The highest BCUT2D eigenvalue weighted by Gasteiger charge is 2.23. The van der Waals surface area contributed by atoms with E-state index < -0.39 is 11.5 Å². The molecule has 0 atom stereocenters. The van der Waals surface area contributed by atoms with Gasteiger partial charge in [0.2, 0.25) is 5.69 Å². The molecule has 0 amide bonds. The Morgan fingerprint density at radius 3 is 2.38 bits per heavy atom. The highest BCUT2D eigenvalue weighted by atomic mass is 16.5. The van der Waals surface area contributed by atoms with Crippen LogP contribution in [-0.2, 0) is 0 Å². The minimum absolute atomic E-state index is 0.205. The fourth-order valence-electron chi connectivity index (χ4n) is 2.47. The summed E-state index contributed by atoms with van der Waals surface area (Å²) in [6, 6.07) is 14.1. The molecule has 0 unspecified atom stereocenters. The lowest BCUT2D eigenvalue weighted by molar-refractivity contribution is -0.673. The Bertz CT molecular complexity index is 967. The quantitative estimate of drug-likeness (QED) is 0.430. The highest BCUT2D eigenvalue weighted by molar-refractivity contribution is 5.88. The van der Waals surface area contributed by atoms with Crippen molar-refractivity contribution in [2.45, 2.75) is 19.8 Å². The molecule has 0 fully saturated rings. The van der Waals surface area contributed by atoms with Crippen molar-refractivity contribution in [3.8, 4) is 11.4 Å². The van der Waals surface area contributed by atoms with Crippen molar-refractivity contribution in [3.05, 3.63) is 70.2 Å². The second-order valence-electron chi connectivity index (χ2n) is 6.03. The maximum atomic E-state index is 12.5. The van der Waals surface area contributed by atoms with Gasteiger partial charge in [-0.15, -0.1) is 0 Å². The Hall–Kier alpha value is -3.35. The third kappa shape index (κ3) is 3.51. The lowest BCUT2D eigenvalue weighted by Gasteiger charge is -2.07. The van der Waals surface area contributed by atoms with E-state index in [1.165, 1.54) is 4.68 Å². The van der Waals surface area contributed by atoms with Crippen molar-refractivity contribution in [1.29, 1.82) is 0 Å². The maximum absolute atomic E-state index is 12.5. The molecule has 0 saturated carbocycles. The largest absolute Gasteiger partial charge is 0.854 e. The van der Waals surface area contributed by atoms with Gasteiger partial charge in [-0.3, -0.25) is 9.52 Å². The molecule has 2 aromatic carbocycles.